The van der Waals surface area contributed by atoms with Gasteiger partial charge in [-0.2, -0.15) is 4.31 Å². The molecule has 2 amide bonds. The van der Waals surface area contributed by atoms with Gasteiger partial charge in [0.05, 0.1) is 4.90 Å². The van der Waals surface area contributed by atoms with Crippen molar-refractivity contribution in [2.45, 2.75) is 49.7 Å². The summed E-state index contributed by atoms with van der Waals surface area (Å²) in [6, 6.07) is 9.06. The van der Waals surface area contributed by atoms with Crippen molar-refractivity contribution < 1.29 is 13.2 Å². The zero-order valence-electron chi connectivity index (χ0n) is 16.2. The van der Waals surface area contributed by atoms with E-state index in [1.807, 2.05) is 19.1 Å². The lowest BCUT2D eigenvalue weighted by molar-refractivity contribution is 0.185. The van der Waals surface area contributed by atoms with Crippen molar-refractivity contribution in [1.82, 2.24) is 19.9 Å². The van der Waals surface area contributed by atoms with Crippen LogP contribution in [-0.2, 0) is 16.6 Å². The fourth-order valence-electron chi connectivity index (χ4n) is 3.57. The van der Waals surface area contributed by atoms with E-state index < -0.39 is 10.0 Å². The molecule has 0 aliphatic carbocycles. The van der Waals surface area contributed by atoms with Gasteiger partial charge in [0.25, 0.3) is 0 Å². The summed E-state index contributed by atoms with van der Waals surface area (Å²) < 4.78 is 28.0. The fourth-order valence-corrected chi connectivity index (χ4v) is 5.57. The number of amides is 2. The minimum Gasteiger partial charge on any atom is -0.337 e. The van der Waals surface area contributed by atoms with Crippen LogP contribution in [-0.4, -0.2) is 42.4 Å². The summed E-state index contributed by atoms with van der Waals surface area (Å²) in [5.41, 5.74) is 0.938. The Labute approximate surface area is 176 Å². The Morgan fingerprint density at radius 1 is 1.14 bits per heavy atom. The third-order valence-electron chi connectivity index (χ3n) is 5.04. The maximum atomic E-state index is 13.2. The first-order valence-corrected chi connectivity index (χ1v) is 11.4. The molecule has 0 bridgehead atoms. The second kappa shape index (κ2) is 9.56. The number of nitrogens with zero attached hydrogens (tertiary/aromatic N) is 2. The van der Waals surface area contributed by atoms with E-state index in [1.165, 1.54) is 16.4 Å². The van der Waals surface area contributed by atoms with Crippen molar-refractivity contribution in [3.8, 4) is 0 Å². The molecule has 0 radical (unpaired) electrons. The summed E-state index contributed by atoms with van der Waals surface area (Å²) in [4.78, 5) is 16.3. The van der Waals surface area contributed by atoms with E-state index in [4.69, 9.17) is 11.6 Å². The standard InChI is InChI=1S/C20H25ClN4O3S/c1-15-3-2-4-18(14-24-20(26)23-13-16-9-11-22-12-10-16)25(15)29(27,28)19-7-5-17(21)6-8-19/h5-12,15,18H,2-4,13-14H2,1H3,(H2,23,24,26)/t15-,18-/m1/s1. The summed E-state index contributed by atoms with van der Waals surface area (Å²) in [6.45, 7) is 2.53. The molecule has 0 spiro atoms. The molecule has 29 heavy (non-hydrogen) atoms. The minimum absolute atomic E-state index is 0.142. The molecule has 156 valence electrons. The lowest BCUT2D eigenvalue weighted by atomic mass is 9.99. The van der Waals surface area contributed by atoms with Crippen molar-refractivity contribution in [1.29, 1.82) is 0 Å². The van der Waals surface area contributed by atoms with Gasteiger partial charge in [-0.15, -0.1) is 0 Å². The highest BCUT2D eigenvalue weighted by atomic mass is 35.5. The topological polar surface area (TPSA) is 91.4 Å². The number of nitrogens with one attached hydrogen (secondary N) is 2. The Hall–Kier alpha value is -2.16. The quantitative estimate of drug-likeness (QED) is 0.727. The van der Waals surface area contributed by atoms with E-state index in [9.17, 15) is 13.2 Å². The van der Waals surface area contributed by atoms with E-state index in [0.29, 0.717) is 18.0 Å². The number of hydrogen-bond donors (Lipinski definition) is 2. The highest BCUT2D eigenvalue weighted by Gasteiger charge is 2.37. The first kappa shape index (κ1) is 21.5. The molecule has 0 saturated carbocycles. The third kappa shape index (κ3) is 5.46. The minimum atomic E-state index is -3.68. The van der Waals surface area contributed by atoms with Crippen molar-refractivity contribution in [3.63, 3.8) is 0 Å². The van der Waals surface area contributed by atoms with E-state index in [2.05, 4.69) is 15.6 Å². The number of benzene rings is 1. The number of pyridine rings is 1. The van der Waals surface area contributed by atoms with Gasteiger partial charge in [0, 0.05) is 42.6 Å². The Balaban J connectivity index is 1.65. The van der Waals surface area contributed by atoms with Crippen molar-refractivity contribution >= 4 is 27.7 Å². The SMILES string of the molecule is C[C@@H]1CCC[C@H](CNC(=O)NCc2ccncc2)N1S(=O)(=O)c1ccc(Cl)cc1. The van der Waals surface area contributed by atoms with Gasteiger partial charge >= 0.3 is 6.03 Å². The predicted octanol–water partition coefficient (Wildman–Crippen LogP) is 3.17. The van der Waals surface area contributed by atoms with E-state index in [1.54, 1.807) is 24.5 Å². The van der Waals surface area contributed by atoms with E-state index in [-0.39, 0.29) is 29.6 Å². The predicted molar refractivity (Wildman–Crippen MR) is 112 cm³/mol. The number of sulfonamides is 1. The molecule has 7 nitrogen and oxygen atoms in total. The highest BCUT2D eigenvalue weighted by Crippen LogP contribution is 2.30. The molecule has 3 rings (SSSR count). The molecule has 2 aromatic rings. The first-order chi connectivity index (χ1) is 13.9. The van der Waals surface area contributed by atoms with Crippen molar-refractivity contribution in [2.24, 2.45) is 0 Å². The summed E-state index contributed by atoms with van der Waals surface area (Å²) in [5, 5.41) is 6.08. The van der Waals surface area contributed by atoms with Gasteiger partial charge in [-0.05, 0) is 61.7 Å². The van der Waals surface area contributed by atoms with Crippen molar-refractivity contribution in [2.75, 3.05) is 6.54 Å². The summed E-state index contributed by atoms with van der Waals surface area (Å²) in [6.07, 6.45) is 5.73. The van der Waals surface area contributed by atoms with Crippen LogP contribution in [0.4, 0.5) is 4.79 Å². The van der Waals surface area contributed by atoms with Gasteiger partial charge in [0.1, 0.15) is 0 Å². The largest absolute Gasteiger partial charge is 0.337 e. The van der Waals surface area contributed by atoms with Crippen LogP contribution in [0.1, 0.15) is 31.7 Å². The molecular formula is C20H25ClN4O3S. The average molecular weight is 437 g/mol. The summed E-state index contributed by atoms with van der Waals surface area (Å²) in [5.74, 6) is 0. The Morgan fingerprint density at radius 2 is 1.83 bits per heavy atom. The number of hydrogen-bond acceptors (Lipinski definition) is 4. The Bertz CT molecular complexity index is 923. The summed E-state index contributed by atoms with van der Waals surface area (Å²) in [7, 11) is -3.68. The number of carbonyl (C=O) groups is 1. The molecule has 1 aromatic carbocycles. The zero-order valence-corrected chi connectivity index (χ0v) is 17.8. The number of piperidine rings is 1. The van der Waals surface area contributed by atoms with Crippen LogP contribution in [0.5, 0.6) is 0 Å². The second-order valence-corrected chi connectivity index (χ2v) is 9.42. The van der Waals surface area contributed by atoms with Crippen LogP contribution in [0, 0.1) is 0 Å². The molecule has 1 aliphatic rings. The van der Waals surface area contributed by atoms with Gasteiger partial charge in [-0.3, -0.25) is 4.98 Å². The smallest absolute Gasteiger partial charge is 0.315 e. The molecule has 2 atom stereocenters. The van der Waals surface area contributed by atoms with Crippen LogP contribution in [0.15, 0.2) is 53.7 Å². The number of urea groups is 1. The van der Waals surface area contributed by atoms with Gasteiger partial charge in [-0.1, -0.05) is 18.0 Å². The molecule has 1 aliphatic heterocycles. The molecule has 2 N–H and O–H groups in total. The first-order valence-electron chi connectivity index (χ1n) is 9.57. The molecule has 9 heteroatoms. The molecule has 2 heterocycles. The Morgan fingerprint density at radius 3 is 2.52 bits per heavy atom. The lowest BCUT2D eigenvalue weighted by Gasteiger charge is -2.39. The van der Waals surface area contributed by atoms with Crippen molar-refractivity contribution in [3.05, 3.63) is 59.4 Å². The lowest BCUT2D eigenvalue weighted by Crippen LogP contribution is -2.53. The number of aromatic nitrogens is 1. The monoisotopic (exact) mass is 436 g/mol. The number of rotatable bonds is 6. The van der Waals surface area contributed by atoms with Crippen LogP contribution >= 0.6 is 11.6 Å². The third-order valence-corrected chi connectivity index (χ3v) is 7.38. The Kier molecular flexibility index (Phi) is 7.10. The molecule has 1 aromatic heterocycles. The van der Waals surface area contributed by atoms with Gasteiger partial charge in [0.15, 0.2) is 0 Å². The zero-order chi connectivity index (χ0) is 20.9. The molecule has 1 saturated heterocycles. The normalized spacial score (nSPS) is 20.2. The van der Waals surface area contributed by atoms with E-state index in [0.717, 1.165) is 18.4 Å². The maximum absolute atomic E-state index is 13.2. The second-order valence-electron chi connectivity index (χ2n) is 7.14. The molecular weight excluding hydrogens is 412 g/mol. The number of halogens is 1. The van der Waals surface area contributed by atoms with Crippen LogP contribution in [0.3, 0.4) is 0 Å². The summed E-state index contributed by atoms with van der Waals surface area (Å²) >= 11 is 5.90. The average Bonchev–Trinajstić information content (AvgIpc) is 2.71. The van der Waals surface area contributed by atoms with E-state index >= 15 is 0 Å². The highest BCUT2D eigenvalue weighted by molar-refractivity contribution is 7.89. The van der Waals surface area contributed by atoms with Gasteiger partial charge < -0.3 is 10.6 Å². The molecule has 1 fully saturated rings. The fraction of sp³-hybridized carbons (Fsp3) is 0.400. The molecule has 0 unspecified atom stereocenters. The van der Waals surface area contributed by atoms with Crippen LogP contribution in [0.2, 0.25) is 5.02 Å². The van der Waals surface area contributed by atoms with Crippen LogP contribution in [0.25, 0.3) is 0 Å². The number of carbonyl (C=O) groups excluding carboxylic acids is 1. The van der Waals surface area contributed by atoms with Crippen LogP contribution < -0.4 is 10.6 Å². The van der Waals surface area contributed by atoms with Gasteiger partial charge in [0.2, 0.25) is 10.0 Å². The van der Waals surface area contributed by atoms with Gasteiger partial charge in [-0.25, -0.2) is 13.2 Å². The maximum Gasteiger partial charge on any atom is 0.315 e.